The second kappa shape index (κ2) is 5.93. The number of hydrogen-bond donors (Lipinski definition) is 1. The molecule has 0 radical (unpaired) electrons. The Balaban J connectivity index is 2.49. The molecule has 0 atom stereocenters. The molecule has 2 aromatic carbocycles. The van der Waals surface area contributed by atoms with Crippen LogP contribution in [0.3, 0.4) is 0 Å². The normalized spacial score (nSPS) is 10.7. The maximum absolute atomic E-state index is 12.4. The molecule has 1 N–H and O–H groups in total. The zero-order valence-electron chi connectivity index (χ0n) is 10.1. The molecule has 0 bridgehead atoms. The topological polar surface area (TPSA) is 29.5 Å². The van der Waals surface area contributed by atoms with Crippen LogP contribution in [0, 0.1) is 0 Å². The fourth-order valence-corrected chi connectivity index (χ4v) is 2.19. The van der Waals surface area contributed by atoms with Crippen LogP contribution in [0.1, 0.15) is 0 Å². The van der Waals surface area contributed by atoms with Gasteiger partial charge in [0.1, 0.15) is 11.5 Å². The lowest BCUT2D eigenvalue weighted by Gasteiger charge is -2.12. The first-order chi connectivity index (χ1) is 9.10. The Morgan fingerprint density at radius 3 is 2.63 bits per heavy atom. The van der Waals surface area contributed by atoms with Crippen LogP contribution >= 0.6 is 11.8 Å². The lowest BCUT2D eigenvalue weighted by Crippen LogP contribution is -2.03. The van der Waals surface area contributed by atoms with Gasteiger partial charge in [0.15, 0.2) is 0 Å². The fraction of sp³-hybridized carbons (Fsp3) is 0.143. The van der Waals surface area contributed by atoms with Gasteiger partial charge in [0, 0.05) is 10.5 Å². The van der Waals surface area contributed by atoms with Gasteiger partial charge in [-0.05, 0) is 42.2 Å². The van der Waals surface area contributed by atoms with Gasteiger partial charge in [0.2, 0.25) is 0 Å². The van der Waals surface area contributed by atoms with Crippen LogP contribution in [0.4, 0.5) is 8.78 Å². The van der Waals surface area contributed by atoms with E-state index < -0.39 is 6.61 Å². The average molecular weight is 282 g/mol. The molecule has 19 heavy (non-hydrogen) atoms. The summed E-state index contributed by atoms with van der Waals surface area (Å²) in [4.78, 5) is 1.00. The molecule has 0 aliphatic heterocycles. The molecule has 0 saturated heterocycles. The molecular formula is C14H12F2O2S. The van der Waals surface area contributed by atoms with Crippen LogP contribution in [0.5, 0.6) is 11.5 Å². The summed E-state index contributed by atoms with van der Waals surface area (Å²) >= 11 is 1.55. The third-order valence-electron chi connectivity index (χ3n) is 2.56. The Morgan fingerprint density at radius 2 is 1.95 bits per heavy atom. The SMILES string of the molecule is CSc1cccc(-c2cc(O)ccc2OC(F)F)c1. The summed E-state index contributed by atoms with van der Waals surface area (Å²) in [6.45, 7) is -2.90. The van der Waals surface area contributed by atoms with Gasteiger partial charge in [-0.2, -0.15) is 8.78 Å². The number of rotatable bonds is 4. The van der Waals surface area contributed by atoms with Gasteiger partial charge in [-0.1, -0.05) is 12.1 Å². The van der Waals surface area contributed by atoms with Crippen molar-refractivity contribution in [3.05, 3.63) is 42.5 Å². The lowest BCUT2D eigenvalue weighted by atomic mass is 10.0. The highest BCUT2D eigenvalue weighted by Crippen LogP contribution is 2.35. The Bertz CT molecular complexity index is 573. The summed E-state index contributed by atoms with van der Waals surface area (Å²) in [5, 5.41) is 9.51. The van der Waals surface area contributed by atoms with Crippen molar-refractivity contribution in [1.82, 2.24) is 0 Å². The van der Waals surface area contributed by atoms with Gasteiger partial charge >= 0.3 is 6.61 Å². The van der Waals surface area contributed by atoms with E-state index in [9.17, 15) is 13.9 Å². The molecule has 0 aromatic heterocycles. The van der Waals surface area contributed by atoms with Gasteiger partial charge in [0.05, 0.1) is 0 Å². The maximum Gasteiger partial charge on any atom is 0.387 e. The molecule has 0 amide bonds. The van der Waals surface area contributed by atoms with E-state index in [1.54, 1.807) is 17.8 Å². The van der Waals surface area contributed by atoms with E-state index in [1.807, 2.05) is 24.5 Å². The molecule has 0 spiro atoms. The van der Waals surface area contributed by atoms with Crippen LogP contribution < -0.4 is 4.74 Å². The van der Waals surface area contributed by atoms with Crippen molar-refractivity contribution in [2.75, 3.05) is 6.26 Å². The van der Waals surface area contributed by atoms with Crippen LogP contribution in [0.25, 0.3) is 11.1 Å². The Morgan fingerprint density at radius 1 is 1.16 bits per heavy atom. The summed E-state index contributed by atoms with van der Waals surface area (Å²) in [6.07, 6.45) is 1.93. The molecule has 5 heteroatoms. The molecule has 0 aliphatic carbocycles. The molecule has 0 fully saturated rings. The summed E-state index contributed by atoms with van der Waals surface area (Å²) in [5.41, 5.74) is 1.16. The quantitative estimate of drug-likeness (QED) is 0.844. The monoisotopic (exact) mass is 282 g/mol. The molecule has 2 nitrogen and oxygen atoms in total. The summed E-state index contributed by atoms with van der Waals surface area (Å²) < 4.78 is 29.2. The highest BCUT2D eigenvalue weighted by Gasteiger charge is 2.12. The Kier molecular flexibility index (Phi) is 4.27. The van der Waals surface area contributed by atoms with Gasteiger partial charge < -0.3 is 9.84 Å². The van der Waals surface area contributed by atoms with Crippen LogP contribution in [0.15, 0.2) is 47.4 Å². The van der Waals surface area contributed by atoms with Crippen molar-refractivity contribution in [2.24, 2.45) is 0 Å². The standard InChI is InChI=1S/C14H12F2O2S/c1-19-11-4-2-3-9(7-11)12-8-10(17)5-6-13(12)18-14(15)16/h2-8,14,17H,1H3. The lowest BCUT2D eigenvalue weighted by molar-refractivity contribution is -0.0494. The first kappa shape index (κ1) is 13.7. The first-order valence-corrected chi connectivity index (χ1v) is 6.75. The number of benzene rings is 2. The van der Waals surface area contributed by atoms with Gasteiger partial charge in [-0.15, -0.1) is 11.8 Å². The van der Waals surface area contributed by atoms with Crippen molar-refractivity contribution in [2.45, 2.75) is 11.5 Å². The van der Waals surface area contributed by atoms with E-state index in [4.69, 9.17) is 0 Å². The predicted octanol–water partition coefficient (Wildman–Crippen LogP) is 4.38. The van der Waals surface area contributed by atoms with E-state index in [1.165, 1.54) is 18.2 Å². The Labute approximate surface area is 114 Å². The second-order valence-electron chi connectivity index (χ2n) is 3.79. The van der Waals surface area contributed by atoms with Crippen molar-refractivity contribution in [3.8, 4) is 22.6 Å². The van der Waals surface area contributed by atoms with Crippen molar-refractivity contribution < 1.29 is 18.6 Å². The zero-order chi connectivity index (χ0) is 13.8. The van der Waals surface area contributed by atoms with Crippen molar-refractivity contribution >= 4 is 11.8 Å². The maximum atomic E-state index is 12.4. The minimum Gasteiger partial charge on any atom is -0.508 e. The summed E-state index contributed by atoms with van der Waals surface area (Å²) in [7, 11) is 0. The predicted molar refractivity (Wildman–Crippen MR) is 72.0 cm³/mol. The first-order valence-electron chi connectivity index (χ1n) is 5.52. The van der Waals surface area contributed by atoms with Gasteiger partial charge in [0.25, 0.3) is 0 Å². The molecule has 2 rings (SSSR count). The number of phenolic OH excluding ortho intramolecular Hbond substituents is 1. The fourth-order valence-electron chi connectivity index (χ4n) is 1.73. The minimum absolute atomic E-state index is 0.00571. The van der Waals surface area contributed by atoms with Gasteiger partial charge in [-0.25, -0.2) is 0 Å². The van der Waals surface area contributed by atoms with Gasteiger partial charge in [-0.3, -0.25) is 0 Å². The molecular weight excluding hydrogens is 270 g/mol. The third kappa shape index (κ3) is 3.38. The van der Waals surface area contributed by atoms with Crippen molar-refractivity contribution in [3.63, 3.8) is 0 Å². The van der Waals surface area contributed by atoms with Crippen LogP contribution in [0.2, 0.25) is 0 Å². The van der Waals surface area contributed by atoms with Crippen LogP contribution in [-0.4, -0.2) is 18.0 Å². The second-order valence-corrected chi connectivity index (χ2v) is 4.67. The van der Waals surface area contributed by atoms with Crippen molar-refractivity contribution in [1.29, 1.82) is 0 Å². The molecule has 100 valence electrons. The average Bonchev–Trinajstić information content (AvgIpc) is 2.40. The van der Waals surface area contributed by atoms with Crippen LogP contribution in [-0.2, 0) is 0 Å². The number of phenols is 1. The number of hydrogen-bond acceptors (Lipinski definition) is 3. The Hall–Kier alpha value is -1.75. The highest BCUT2D eigenvalue weighted by atomic mass is 32.2. The number of alkyl halides is 2. The molecule has 2 aromatic rings. The third-order valence-corrected chi connectivity index (χ3v) is 3.29. The van der Waals surface area contributed by atoms with E-state index >= 15 is 0 Å². The van der Waals surface area contributed by atoms with E-state index in [0.29, 0.717) is 5.56 Å². The number of ether oxygens (including phenoxy) is 1. The number of aromatic hydroxyl groups is 1. The number of halogens is 2. The minimum atomic E-state index is -2.90. The smallest absolute Gasteiger partial charge is 0.387 e. The van der Waals surface area contributed by atoms with E-state index in [0.717, 1.165) is 10.5 Å². The molecule has 0 saturated carbocycles. The summed E-state index contributed by atoms with van der Waals surface area (Å²) in [5.74, 6) is 0.0530. The number of thioether (sulfide) groups is 1. The molecule has 0 unspecified atom stereocenters. The van der Waals surface area contributed by atoms with E-state index in [-0.39, 0.29) is 11.5 Å². The summed E-state index contributed by atoms with van der Waals surface area (Å²) in [6, 6.07) is 11.5. The highest BCUT2D eigenvalue weighted by molar-refractivity contribution is 7.98. The molecule has 0 aliphatic rings. The molecule has 0 heterocycles. The zero-order valence-corrected chi connectivity index (χ0v) is 11.0. The van der Waals surface area contributed by atoms with E-state index in [2.05, 4.69) is 4.74 Å². The largest absolute Gasteiger partial charge is 0.508 e.